The van der Waals surface area contributed by atoms with Gasteiger partial charge < -0.3 is 9.30 Å². The molecule has 4 rings (SSSR count). The monoisotopic (exact) mass is 395 g/mol. The fraction of sp³-hybridized carbons (Fsp3) is 0.333. The van der Waals surface area contributed by atoms with Crippen LogP contribution >= 0.6 is 0 Å². The van der Waals surface area contributed by atoms with Crippen LogP contribution in [0.2, 0.25) is 0 Å². The molecule has 1 aliphatic rings. The zero-order chi connectivity index (χ0) is 20.6. The number of nitrogens with zero attached hydrogens (tertiary/aromatic N) is 5. The number of aromatic nitrogens is 4. The lowest BCUT2D eigenvalue weighted by Gasteiger charge is -2.42. The molecule has 0 N–H and O–H groups in total. The Labute approximate surface area is 168 Å². The fourth-order valence-corrected chi connectivity index (χ4v) is 3.29. The van der Waals surface area contributed by atoms with Crippen molar-refractivity contribution < 1.29 is 13.9 Å². The summed E-state index contributed by atoms with van der Waals surface area (Å²) < 4.78 is 20.8. The first-order valence-corrected chi connectivity index (χ1v) is 9.42. The van der Waals surface area contributed by atoms with Gasteiger partial charge in [0.1, 0.15) is 23.9 Å². The van der Waals surface area contributed by atoms with Crippen molar-refractivity contribution in [1.82, 2.24) is 24.4 Å². The topological polar surface area (TPSA) is 73.1 Å². The summed E-state index contributed by atoms with van der Waals surface area (Å²) >= 11 is 0. The number of imidazole rings is 1. The molecule has 0 aliphatic carbocycles. The van der Waals surface area contributed by atoms with Gasteiger partial charge >= 0.3 is 6.09 Å². The van der Waals surface area contributed by atoms with Crippen LogP contribution in [-0.4, -0.2) is 42.7 Å². The predicted molar refractivity (Wildman–Crippen MR) is 105 cm³/mol. The summed E-state index contributed by atoms with van der Waals surface area (Å²) in [6.07, 6.45) is 5.00. The average Bonchev–Trinajstić information content (AvgIpc) is 3.05. The van der Waals surface area contributed by atoms with Crippen molar-refractivity contribution in [2.75, 3.05) is 6.54 Å². The summed E-state index contributed by atoms with van der Waals surface area (Å²) in [5.74, 6) is -0.313. The zero-order valence-electron chi connectivity index (χ0n) is 16.5. The molecule has 1 atom stereocenters. The molecule has 1 unspecified atom stereocenters. The summed E-state index contributed by atoms with van der Waals surface area (Å²) in [7, 11) is 0. The second-order valence-corrected chi connectivity index (χ2v) is 7.89. The van der Waals surface area contributed by atoms with Crippen molar-refractivity contribution in [2.45, 2.75) is 39.0 Å². The molecule has 1 aliphatic heterocycles. The van der Waals surface area contributed by atoms with Crippen LogP contribution in [0.3, 0.4) is 0 Å². The molecule has 2 aromatic heterocycles. The largest absolute Gasteiger partial charge is 0.444 e. The predicted octanol–water partition coefficient (Wildman–Crippen LogP) is 4.29. The van der Waals surface area contributed by atoms with Gasteiger partial charge in [-0.25, -0.2) is 24.1 Å². The SMILES string of the molecule is CC(C)(C)OC(=O)N1CCC1n1cnc(-c2ccc(F)cc2)c1-c1ccncn1. The van der Waals surface area contributed by atoms with E-state index in [0.29, 0.717) is 17.9 Å². The van der Waals surface area contributed by atoms with E-state index in [1.165, 1.54) is 18.5 Å². The molecule has 0 spiro atoms. The number of carbonyl (C=O) groups excluding carboxylic acids is 1. The van der Waals surface area contributed by atoms with Crippen molar-refractivity contribution in [2.24, 2.45) is 0 Å². The van der Waals surface area contributed by atoms with Crippen LogP contribution in [0.25, 0.3) is 22.6 Å². The number of rotatable bonds is 3. The van der Waals surface area contributed by atoms with E-state index in [4.69, 9.17) is 4.74 Å². The van der Waals surface area contributed by atoms with Crippen LogP contribution < -0.4 is 0 Å². The van der Waals surface area contributed by atoms with Crippen molar-refractivity contribution in [3.8, 4) is 22.6 Å². The molecule has 150 valence electrons. The normalized spacial score (nSPS) is 16.4. The second-order valence-electron chi connectivity index (χ2n) is 7.89. The number of benzene rings is 1. The van der Waals surface area contributed by atoms with Crippen LogP contribution in [0.15, 0.2) is 49.2 Å². The molecule has 1 saturated heterocycles. The summed E-state index contributed by atoms with van der Waals surface area (Å²) in [6, 6.07) is 7.94. The lowest BCUT2D eigenvalue weighted by Crippen LogP contribution is -2.49. The van der Waals surface area contributed by atoms with Gasteiger partial charge in [-0.15, -0.1) is 0 Å². The standard InChI is InChI=1S/C21H22FN5O2/c1-21(2,3)29-20(28)26-11-9-17(26)27-13-25-18(14-4-6-15(22)7-5-14)19(27)16-8-10-23-12-24-16/h4-8,10,12-13,17H,9,11H2,1-3H3. The summed E-state index contributed by atoms with van der Waals surface area (Å²) in [4.78, 5) is 27.2. The van der Waals surface area contributed by atoms with E-state index in [1.54, 1.807) is 35.6 Å². The van der Waals surface area contributed by atoms with Gasteiger partial charge in [0.2, 0.25) is 0 Å². The van der Waals surface area contributed by atoms with E-state index < -0.39 is 5.60 Å². The van der Waals surface area contributed by atoms with Gasteiger partial charge in [0, 0.05) is 24.7 Å². The molecular formula is C21H22FN5O2. The highest BCUT2D eigenvalue weighted by Crippen LogP contribution is 2.37. The first-order valence-electron chi connectivity index (χ1n) is 9.42. The third kappa shape index (κ3) is 3.83. The van der Waals surface area contributed by atoms with E-state index in [2.05, 4.69) is 15.0 Å². The minimum Gasteiger partial charge on any atom is -0.444 e. The Kier molecular flexibility index (Phi) is 4.77. The van der Waals surface area contributed by atoms with Gasteiger partial charge in [-0.2, -0.15) is 0 Å². The first-order chi connectivity index (χ1) is 13.8. The lowest BCUT2D eigenvalue weighted by molar-refractivity contribution is -0.0219. The Morgan fingerprint density at radius 2 is 1.93 bits per heavy atom. The van der Waals surface area contributed by atoms with E-state index in [9.17, 15) is 9.18 Å². The van der Waals surface area contributed by atoms with Crippen molar-refractivity contribution >= 4 is 6.09 Å². The fourth-order valence-electron chi connectivity index (χ4n) is 3.29. The minimum atomic E-state index is -0.569. The van der Waals surface area contributed by atoms with Crippen molar-refractivity contribution in [3.05, 3.63) is 55.0 Å². The summed E-state index contributed by atoms with van der Waals surface area (Å²) in [5.41, 5.74) is 2.28. The van der Waals surface area contributed by atoms with Gasteiger partial charge in [0.15, 0.2) is 0 Å². The molecule has 1 amide bonds. The maximum atomic E-state index is 13.4. The van der Waals surface area contributed by atoms with E-state index in [-0.39, 0.29) is 18.1 Å². The van der Waals surface area contributed by atoms with Gasteiger partial charge in [-0.3, -0.25) is 4.90 Å². The maximum Gasteiger partial charge on any atom is 0.411 e. The number of likely N-dealkylation sites (tertiary alicyclic amines) is 1. The number of hydrogen-bond acceptors (Lipinski definition) is 5. The number of hydrogen-bond donors (Lipinski definition) is 0. The van der Waals surface area contributed by atoms with Gasteiger partial charge in [-0.1, -0.05) is 0 Å². The molecule has 3 heterocycles. The highest BCUT2D eigenvalue weighted by Gasteiger charge is 2.38. The van der Waals surface area contributed by atoms with Crippen LogP contribution in [0, 0.1) is 5.82 Å². The molecule has 0 saturated carbocycles. The second kappa shape index (κ2) is 7.27. The minimum absolute atomic E-state index is 0.225. The van der Waals surface area contributed by atoms with Crippen LogP contribution in [-0.2, 0) is 4.74 Å². The quantitative estimate of drug-likeness (QED) is 0.662. The Morgan fingerprint density at radius 1 is 1.17 bits per heavy atom. The third-order valence-electron chi connectivity index (χ3n) is 4.67. The molecule has 1 aromatic carbocycles. The maximum absolute atomic E-state index is 13.4. The Bertz CT molecular complexity index is 1010. The van der Waals surface area contributed by atoms with Crippen molar-refractivity contribution in [1.29, 1.82) is 0 Å². The molecule has 8 heteroatoms. The summed E-state index contributed by atoms with van der Waals surface area (Å²) in [5, 5.41) is 0. The molecule has 0 radical (unpaired) electrons. The number of halogens is 1. The summed E-state index contributed by atoms with van der Waals surface area (Å²) in [6.45, 7) is 6.13. The first kappa shape index (κ1) is 19.0. The molecule has 7 nitrogen and oxygen atoms in total. The third-order valence-corrected chi connectivity index (χ3v) is 4.67. The highest BCUT2D eigenvalue weighted by molar-refractivity contribution is 5.77. The van der Waals surface area contributed by atoms with Crippen LogP contribution in [0.1, 0.15) is 33.4 Å². The molecule has 29 heavy (non-hydrogen) atoms. The lowest BCUT2D eigenvalue weighted by atomic mass is 10.1. The average molecular weight is 395 g/mol. The number of carbonyl (C=O) groups is 1. The molecule has 3 aromatic rings. The number of ether oxygens (including phenoxy) is 1. The Morgan fingerprint density at radius 3 is 2.52 bits per heavy atom. The zero-order valence-corrected chi connectivity index (χ0v) is 16.5. The van der Waals surface area contributed by atoms with Crippen molar-refractivity contribution in [3.63, 3.8) is 0 Å². The van der Waals surface area contributed by atoms with Gasteiger partial charge in [0.25, 0.3) is 0 Å². The Balaban J connectivity index is 1.74. The van der Waals surface area contributed by atoms with Gasteiger partial charge in [-0.05, 0) is 51.1 Å². The van der Waals surface area contributed by atoms with Crippen LogP contribution in [0.4, 0.5) is 9.18 Å². The van der Waals surface area contributed by atoms with E-state index in [0.717, 1.165) is 17.7 Å². The molecule has 0 bridgehead atoms. The van der Waals surface area contributed by atoms with E-state index in [1.807, 2.05) is 25.3 Å². The molecule has 1 fully saturated rings. The highest BCUT2D eigenvalue weighted by atomic mass is 19.1. The van der Waals surface area contributed by atoms with Crippen LogP contribution in [0.5, 0.6) is 0 Å². The number of amides is 1. The Hall–Kier alpha value is -3.29. The smallest absolute Gasteiger partial charge is 0.411 e. The van der Waals surface area contributed by atoms with Gasteiger partial charge in [0.05, 0.1) is 23.4 Å². The van der Waals surface area contributed by atoms with E-state index >= 15 is 0 Å². The molecular weight excluding hydrogens is 373 g/mol.